The predicted molar refractivity (Wildman–Crippen MR) is 34.5 cm³/mol. The zero-order valence-corrected chi connectivity index (χ0v) is 5.61. The maximum absolute atomic E-state index is 8.80. The monoisotopic (exact) mass is 143 g/mol. The third-order valence-electron chi connectivity index (χ3n) is 0.909. The van der Waals surface area contributed by atoms with Crippen LogP contribution in [-0.4, -0.2) is 28.0 Å². The van der Waals surface area contributed by atoms with E-state index in [0.29, 0.717) is 12.6 Å². The Hall–Kier alpha value is -1.10. The molecule has 1 aromatic heterocycles. The number of nitrogens with one attached hydrogen (secondary N) is 1. The van der Waals surface area contributed by atoms with Gasteiger partial charge in [0.2, 0.25) is 6.39 Å². The predicted octanol–water partition coefficient (Wildman–Crippen LogP) is -0.138. The second-order valence-corrected chi connectivity index (χ2v) is 1.97. The molecule has 0 spiro atoms. The molecule has 1 rings (SSSR count). The van der Waals surface area contributed by atoms with Crippen molar-refractivity contribution >= 4 is 6.01 Å². The van der Waals surface area contributed by atoms with Gasteiger partial charge in [-0.25, -0.2) is 0 Å². The van der Waals surface area contributed by atoms with E-state index in [-0.39, 0.29) is 0 Å². The number of nitrogens with zero attached hydrogens (tertiary/aromatic N) is 2. The minimum atomic E-state index is -0.410. The standard InChI is InChI=1S/C5H9N3O2/c1-4(9)2-6-5-8-7-3-10-5/h3-4,9H,2H2,1H3,(H,6,8). The highest BCUT2D eigenvalue weighted by Crippen LogP contribution is 1.97. The minimum Gasteiger partial charge on any atom is -0.411 e. The minimum absolute atomic E-state index is 0.334. The summed E-state index contributed by atoms with van der Waals surface area (Å²) in [6.07, 6.45) is 0.816. The average molecular weight is 143 g/mol. The SMILES string of the molecule is CC(O)CNc1nnco1. The number of aromatic nitrogens is 2. The van der Waals surface area contributed by atoms with Gasteiger partial charge in [-0.2, -0.15) is 0 Å². The van der Waals surface area contributed by atoms with E-state index in [4.69, 9.17) is 9.52 Å². The molecule has 10 heavy (non-hydrogen) atoms. The van der Waals surface area contributed by atoms with Crippen LogP contribution in [-0.2, 0) is 0 Å². The van der Waals surface area contributed by atoms with E-state index in [1.165, 1.54) is 6.39 Å². The molecule has 1 heterocycles. The molecule has 0 bridgehead atoms. The summed E-state index contributed by atoms with van der Waals surface area (Å²) in [4.78, 5) is 0. The van der Waals surface area contributed by atoms with Crippen molar-refractivity contribution < 1.29 is 9.52 Å². The van der Waals surface area contributed by atoms with Gasteiger partial charge in [0.05, 0.1) is 6.10 Å². The summed E-state index contributed by atoms with van der Waals surface area (Å²) in [6.45, 7) is 2.09. The Morgan fingerprint density at radius 1 is 1.90 bits per heavy atom. The topological polar surface area (TPSA) is 71.2 Å². The summed E-state index contributed by atoms with van der Waals surface area (Å²) in [5, 5.41) is 18.5. The third-order valence-corrected chi connectivity index (χ3v) is 0.909. The van der Waals surface area contributed by atoms with Crippen LogP contribution in [0.3, 0.4) is 0 Å². The van der Waals surface area contributed by atoms with Gasteiger partial charge in [-0.15, -0.1) is 5.10 Å². The Bertz CT molecular complexity index is 173. The second kappa shape index (κ2) is 3.17. The lowest BCUT2D eigenvalue weighted by Gasteiger charge is -2.01. The lowest BCUT2D eigenvalue weighted by Crippen LogP contribution is -2.15. The maximum atomic E-state index is 8.80. The molecular formula is C5H9N3O2. The Morgan fingerprint density at radius 2 is 2.70 bits per heavy atom. The molecule has 0 saturated carbocycles. The number of anilines is 1. The molecule has 1 atom stereocenters. The first-order valence-electron chi connectivity index (χ1n) is 2.97. The molecule has 0 aliphatic carbocycles. The van der Waals surface area contributed by atoms with E-state index < -0.39 is 6.10 Å². The lowest BCUT2D eigenvalue weighted by molar-refractivity contribution is 0.207. The third kappa shape index (κ3) is 2.02. The van der Waals surface area contributed by atoms with E-state index in [1.54, 1.807) is 6.92 Å². The molecule has 1 unspecified atom stereocenters. The van der Waals surface area contributed by atoms with Crippen LogP contribution >= 0.6 is 0 Å². The Morgan fingerprint density at radius 3 is 3.20 bits per heavy atom. The van der Waals surface area contributed by atoms with E-state index >= 15 is 0 Å². The summed E-state index contributed by atoms with van der Waals surface area (Å²) in [5.41, 5.74) is 0. The van der Waals surface area contributed by atoms with Crippen molar-refractivity contribution in [3.05, 3.63) is 6.39 Å². The first-order valence-corrected chi connectivity index (χ1v) is 2.97. The van der Waals surface area contributed by atoms with E-state index in [0.717, 1.165) is 0 Å². The average Bonchev–Trinajstić information content (AvgIpc) is 2.34. The van der Waals surface area contributed by atoms with Gasteiger partial charge in [-0.05, 0) is 6.92 Å². The van der Waals surface area contributed by atoms with Crippen molar-refractivity contribution in [2.24, 2.45) is 0 Å². The molecule has 0 saturated heterocycles. The fourth-order valence-electron chi connectivity index (χ4n) is 0.485. The van der Waals surface area contributed by atoms with Crippen molar-refractivity contribution in [1.82, 2.24) is 10.2 Å². The molecule has 0 aliphatic heterocycles. The number of rotatable bonds is 3. The summed E-state index contributed by atoms with van der Waals surface area (Å²) in [7, 11) is 0. The summed E-state index contributed by atoms with van der Waals surface area (Å²) < 4.78 is 4.74. The molecule has 5 heteroatoms. The molecule has 2 N–H and O–H groups in total. The van der Waals surface area contributed by atoms with Crippen molar-refractivity contribution in [3.63, 3.8) is 0 Å². The zero-order valence-electron chi connectivity index (χ0n) is 5.61. The molecule has 0 amide bonds. The molecule has 0 fully saturated rings. The highest BCUT2D eigenvalue weighted by Gasteiger charge is 1.98. The van der Waals surface area contributed by atoms with Crippen LogP contribution in [0.15, 0.2) is 10.8 Å². The highest BCUT2D eigenvalue weighted by atomic mass is 16.4. The van der Waals surface area contributed by atoms with Crippen molar-refractivity contribution in [2.45, 2.75) is 13.0 Å². The lowest BCUT2D eigenvalue weighted by atomic mass is 10.4. The van der Waals surface area contributed by atoms with Gasteiger partial charge >= 0.3 is 6.01 Å². The van der Waals surface area contributed by atoms with E-state index in [9.17, 15) is 0 Å². The molecule has 5 nitrogen and oxygen atoms in total. The summed E-state index contributed by atoms with van der Waals surface area (Å²) >= 11 is 0. The molecule has 1 aromatic rings. The Labute approximate surface area is 58.1 Å². The first-order chi connectivity index (χ1) is 4.79. The Kier molecular flexibility index (Phi) is 2.22. The van der Waals surface area contributed by atoms with Gasteiger partial charge in [0.15, 0.2) is 0 Å². The maximum Gasteiger partial charge on any atom is 0.315 e. The quantitative estimate of drug-likeness (QED) is 0.616. The smallest absolute Gasteiger partial charge is 0.315 e. The normalized spacial score (nSPS) is 13.0. The molecule has 0 radical (unpaired) electrons. The number of aliphatic hydroxyl groups is 1. The van der Waals surface area contributed by atoms with Crippen LogP contribution in [0.5, 0.6) is 0 Å². The van der Waals surface area contributed by atoms with Gasteiger partial charge in [-0.1, -0.05) is 5.10 Å². The second-order valence-electron chi connectivity index (χ2n) is 1.97. The van der Waals surface area contributed by atoms with Gasteiger partial charge in [-0.3, -0.25) is 0 Å². The summed E-state index contributed by atoms with van der Waals surface area (Å²) in [6, 6.07) is 0.334. The zero-order chi connectivity index (χ0) is 7.40. The van der Waals surface area contributed by atoms with E-state index in [2.05, 4.69) is 15.5 Å². The summed E-state index contributed by atoms with van der Waals surface area (Å²) in [5.74, 6) is 0. The largest absolute Gasteiger partial charge is 0.411 e. The number of hydrogen-bond donors (Lipinski definition) is 2. The van der Waals surface area contributed by atoms with Crippen LogP contribution in [0.1, 0.15) is 6.92 Å². The van der Waals surface area contributed by atoms with Gasteiger partial charge < -0.3 is 14.8 Å². The van der Waals surface area contributed by atoms with Crippen LogP contribution in [0.2, 0.25) is 0 Å². The molecule has 56 valence electrons. The molecular weight excluding hydrogens is 134 g/mol. The first kappa shape index (κ1) is 7.01. The van der Waals surface area contributed by atoms with Gasteiger partial charge in [0.1, 0.15) is 0 Å². The van der Waals surface area contributed by atoms with E-state index in [1.807, 2.05) is 0 Å². The van der Waals surface area contributed by atoms with Gasteiger partial charge in [0.25, 0.3) is 0 Å². The highest BCUT2D eigenvalue weighted by molar-refractivity contribution is 5.14. The van der Waals surface area contributed by atoms with Crippen LogP contribution < -0.4 is 5.32 Å². The fourth-order valence-corrected chi connectivity index (χ4v) is 0.485. The van der Waals surface area contributed by atoms with Gasteiger partial charge in [0, 0.05) is 6.54 Å². The van der Waals surface area contributed by atoms with Crippen molar-refractivity contribution in [1.29, 1.82) is 0 Å². The Balaban J connectivity index is 2.28. The van der Waals surface area contributed by atoms with Crippen LogP contribution in [0.4, 0.5) is 6.01 Å². The number of aliphatic hydroxyl groups excluding tert-OH is 1. The molecule has 0 aromatic carbocycles. The van der Waals surface area contributed by atoms with Crippen LogP contribution in [0.25, 0.3) is 0 Å². The van der Waals surface area contributed by atoms with Crippen molar-refractivity contribution in [3.8, 4) is 0 Å². The fraction of sp³-hybridized carbons (Fsp3) is 0.600. The van der Waals surface area contributed by atoms with Crippen LogP contribution in [0, 0.1) is 0 Å². The molecule has 0 aliphatic rings. The number of hydrogen-bond acceptors (Lipinski definition) is 5. The van der Waals surface area contributed by atoms with Crippen molar-refractivity contribution in [2.75, 3.05) is 11.9 Å².